The van der Waals surface area contributed by atoms with Gasteiger partial charge in [-0.05, 0) is 42.8 Å². The molecule has 106 valence electrons. The highest BCUT2D eigenvalue weighted by atomic mass is 35.5. The Kier molecular flexibility index (Phi) is 4.04. The van der Waals surface area contributed by atoms with Crippen molar-refractivity contribution < 1.29 is 0 Å². The molecule has 3 rings (SSSR count). The van der Waals surface area contributed by atoms with E-state index in [0.717, 1.165) is 32.8 Å². The molecule has 0 saturated heterocycles. The van der Waals surface area contributed by atoms with E-state index in [0.29, 0.717) is 5.15 Å². The van der Waals surface area contributed by atoms with E-state index >= 15 is 0 Å². The second-order valence-corrected chi connectivity index (χ2v) is 6.40. The zero-order valence-electron chi connectivity index (χ0n) is 11.6. The van der Waals surface area contributed by atoms with Crippen molar-refractivity contribution in [3.8, 4) is 0 Å². The van der Waals surface area contributed by atoms with Gasteiger partial charge in [0.2, 0.25) is 0 Å². The number of nitrogens with zero attached hydrogens (tertiary/aromatic N) is 1. The number of pyridine rings is 1. The van der Waals surface area contributed by atoms with Gasteiger partial charge in [0.25, 0.3) is 0 Å². The van der Waals surface area contributed by atoms with Crippen LogP contribution in [0.25, 0.3) is 10.9 Å². The summed E-state index contributed by atoms with van der Waals surface area (Å²) in [6.45, 7) is 2.05. The van der Waals surface area contributed by atoms with E-state index in [1.165, 1.54) is 5.56 Å². The predicted molar refractivity (Wildman–Crippen MR) is 91.9 cm³/mol. The first kappa shape index (κ1) is 14.2. The van der Waals surface area contributed by atoms with Crippen LogP contribution in [0.2, 0.25) is 5.15 Å². The minimum absolute atomic E-state index is 0.574. The van der Waals surface area contributed by atoms with Crippen LogP contribution in [0.15, 0.2) is 53.4 Å². The normalized spacial score (nSPS) is 11.0. The van der Waals surface area contributed by atoms with Crippen molar-refractivity contribution in [1.82, 2.24) is 4.98 Å². The first-order chi connectivity index (χ1) is 10.1. The fourth-order valence-electron chi connectivity index (χ4n) is 2.16. The Balaban J connectivity index is 1.87. The zero-order valence-corrected chi connectivity index (χ0v) is 13.2. The Morgan fingerprint density at radius 3 is 2.81 bits per heavy atom. The summed E-state index contributed by atoms with van der Waals surface area (Å²) in [7, 11) is 0. The number of anilines is 1. The van der Waals surface area contributed by atoms with Gasteiger partial charge in [-0.3, -0.25) is 0 Å². The fraction of sp³-hybridized carbons (Fsp3) is 0.118. The summed E-state index contributed by atoms with van der Waals surface area (Å²) in [6, 6.07) is 16.2. The quantitative estimate of drug-likeness (QED) is 0.416. The molecule has 2 aromatic carbocycles. The Bertz CT molecular complexity index is 802. The summed E-state index contributed by atoms with van der Waals surface area (Å²) >= 11 is 8.01. The predicted octanol–water partition coefficient (Wildman–Crippen LogP) is 5.07. The van der Waals surface area contributed by atoms with Crippen LogP contribution in [0.4, 0.5) is 5.69 Å². The molecule has 0 aliphatic rings. The monoisotopic (exact) mass is 314 g/mol. The number of nitrogen functional groups attached to an aromatic ring is 1. The fourth-order valence-corrected chi connectivity index (χ4v) is 3.39. The summed E-state index contributed by atoms with van der Waals surface area (Å²) in [5.74, 6) is 0.777. The molecule has 0 fully saturated rings. The molecule has 3 aromatic rings. The molecule has 0 atom stereocenters. The van der Waals surface area contributed by atoms with Crippen LogP contribution in [-0.4, -0.2) is 4.98 Å². The Morgan fingerprint density at radius 1 is 1.14 bits per heavy atom. The number of fused-ring (bicyclic) bond motifs is 1. The second-order valence-electron chi connectivity index (χ2n) is 5.00. The van der Waals surface area contributed by atoms with E-state index < -0.39 is 0 Å². The molecule has 0 amide bonds. The van der Waals surface area contributed by atoms with Gasteiger partial charge >= 0.3 is 0 Å². The van der Waals surface area contributed by atoms with Gasteiger partial charge in [0.15, 0.2) is 0 Å². The van der Waals surface area contributed by atoms with Crippen molar-refractivity contribution in [1.29, 1.82) is 0 Å². The van der Waals surface area contributed by atoms with E-state index in [2.05, 4.69) is 36.2 Å². The van der Waals surface area contributed by atoms with Crippen LogP contribution in [0, 0.1) is 6.92 Å². The SMILES string of the molecule is Cc1ccc2cc(CSc3cccc(N)c3)c(Cl)nc2c1. The minimum atomic E-state index is 0.574. The number of halogens is 1. The number of rotatable bonds is 3. The number of thioether (sulfide) groups is 1. The molecule has 0 bridgehead atoms. The highest BCUT2D eigenvalue weighted by Gasteiger charge is 2.06. The van der Waals surface area contributed by atoms with Crippen molar-refractivity contribution in [2.24, 2.45) is 0 Å². The van der Waals surface area contributed by atoms with Crippen molar-refractivity contribution in [3.63, 3.8) is 0 Å². The third-order valence-electron chi connectivity index (χ3n) is 3.25. The number of hydrogen-bond donors (Lipinski definition) is 1. The average molecular weight is 315 g/mol. The lowest BCUT2D eigenvalue weighted by Crippen LogP contribution is -1.90. The smallest absolute Gasteiger partial charge is 0.133 e. The van der Waals surface area contributed by atoms with Crippen molar-refractivity contribution in [2.45, 2.75) is 17.6 Å². The molecule has 1 aromatic heterocycles. The van der Waals surface area contributed by atoms with Crippen LogP contribution in [0.1, 0.15) is 11.1 Å². The summed E-state index contributed by atoms with van der Waals surface area (Å²) < 4.78 is 0. The summed E-state index contributed by atoms with van der Waals surface area (Å²) in [5, 5.41) is 1.69. The van der Waals surface area contributed by atoms with Crippen molar-refractivity contribution in [2.75, 3.05) is 5.73 Å². The standard InChI is InChI=1S/C17H15ClN2S/c1-11-5-6-12-8-13(17(18)20-16(12)7-11)10-21-15-4-2-3-14(19)9-15/h2-9H,10,19H2,1H3. The third-order valence-corrected chi connectivity index (χ3v) is 4.62. The molecule has 0 aliphatic carbocycles. The maximum Gasteiger partial charge on any atom is 0.133 e. The molecule has 0 spiro atoms. The van der Waals surface area contributed by atoms with Crippen LogP contribution < -0.4 is 5.73 Å². The van der Waals surface area contributed by atoms with E-state index in [1.807, 2.05) is 24.3 Å². The molecule has 0 unspecified atom stereocenters. The summed E-state index contributed by atoms with van der Waals surface area (Å²) in [4.78, 5) is 5.63. The molecule has 2 N–H and O–H groups in total. The summed E-state index contributed by atoms with van der Waals surface area (Å²) in [5.41, 5.74) is 9.74. The molecule has 0 radical (unpaired) electrons. The number of nitrogens with two attached hydrogens (primary N) is 1. The zero-order chi connectivity index (χ0) is 14.8. The van der Waals surface area contributed by atoms with Gasteiger partial charge in [0.05, 0.1) is 5.52 Å². The van der Waals surface area contributed by atoms with E-state index in [-0.39, 0.29) is 0 Å². The van der Waals surface area contributed by atoms with Gasteiger partial charge in [0, 0.05) is 27.3 Å². The minimum Gasteiger partial charge on any atom is -0.399 e. The lowest BCUT2D eigenvalue weighted by Gasteiger charge is -2.07. The number of aryl methyl sites for hydroxylation is 1. The first-order valence-corrected chi connectivity index (χ1v) is 8.02. The van der Waals surface area contributed by atoms with E-state index in [4.69, 9.17) is 17.3 Å². The van der Waals surface area contributed by atoms with Crippen LogP contribution in [-0.2, 0) is 5.75 Å². The van der Waals surface area contributed by atoms with Gasteiger partial charge in [-0.2, -0.15) is 0 Å². The number of hydrogen-bond acceptors (Lipinski definition) is 3. The maximum atomic E-state index is 6.30. The third kappa shape index (κ3) is 3.31. The summed E-state index contributed by atoms with van der Waals surface area (Å²) in [6.07, 6.45) is 0. The van der Waals surface area contributed by atoms with Gasteiger partial charge < -0.3 is 5.73 Å². The second kappa shape index (κ2) is 5.96. The lowest BCUT2D eigenvalue weighted by atomic mass is 10.1. The number of aromatic nitrogens is 1. The van der Waals surface area contributed by atoms with Crippen LogP contribution in [0.3, 0.4) is 0 Å². The van der Waals surface area contributed by atoms with E-state index in [9.17, 15) is 0 Å². The highest BCUT2D eigenvalue weighted by molar-refractivity contribution is 7.98. The Morgan fingerprint density at radius 2 is 2.00 bits per heavy atom. The van der Waals surface area contributed by atoms with Gasteiger partial charge in [-0.15, -0.1) is 11.8 Å². The highest BCUT2D eigenvalue weighted by Crippen LogP contribution is 2.29. The molecular weight excluding hydrogens is 300 g/mol. The molecule has 2 nitrogen and oxygen atoms in total. The molecule has 1 heterocycles. The maximum absolute atomic E-state index is 6.30. The largest absolute Gasteiger partial charge is 0.399 e. The molecule has 4 heteroatoms. The Hall–Kier alpha value is -1.71. The molecular formula is C17H15ClN2S. The molecule has 0 aliphatic heterocycles. The number of benzene rings is 2. The molecule has 21 heavy (non-hydrogen) atoms. The van der Waals surface area contributed by atoms with Crippen molar-refractivity contribution >= 4 is 40.0 Å². The van der Waals surface area contributed by atoms with Gasteiger partial charge in [-0.25, -0.2) is 4.98 Å². The van der Waals surface area contributed by atoms with Gasteiger partial charge in [-0.1, -0.05) is 29.8 Å². The average Bonchev–Trinajstić information content (AvgIpc) is 2.45. The Labute approximate surface area is 133 Å². The van der Waals surface area contributed by atoms with Crippen LogP contribution >= 0.6 is 23.4 Å². The van der Waals surface area contributed by atoms with Crippen molar-refractivity contribution in [3.05, 3.63) is 64.8 Å². The van der Waals surface area contributed by atoms with Crippen LogP contribution in [0.5, 0.6) is 0 Å². The van der Waals surface area contributed by atoms with E-state index in [1.54, 1.807) is 11.8 Å². The molecule has 0 saturated carbocycles. The first-order valence-electron chi connectivity index (χ1n) is 6.66. The lowest BCUT2D eigenvalue weighted by molar-refractivity contribution is 1.29. The van der Waals surface area contributed by atoms with Gasteiger partial charge in [0.1, 0.15) is 5.15 Å². The topological polar surface area (TPSA) is 38.9 Å².